The first kappa shape index (κ1) is 16.4. The van der Waals surface area contributed by atoms with E-state index in [4.69, 9.17) is 0 Å². The number of anilines is 1. The largest absolute Gasteiger partial charge is 0.505 e. The molecule has 1 N–H and O–H groups in total. The van der Waals surface area contributed by atoms with Crippen molar-refractivity contribution in [2.24, 2.45) is 0 Å². The first-order chi connectivity index (χ1) is 12.5. The van der Waals surface area contributed by atoms with Crippen molar-refractivity contribution in [3.63, 3.8) is 0 Å². The van der Waals surface area contributed by atoms with Crippen molar-refractivity contribution in [3.8, 4) is 5.75 Å². The highest BCUT2D eigenvalue weighted by molar-refractivity contribution is 5.90. The van der Waals surface area contributed by atoms with E-state index in [1.165, 1.54) is 16.8 Å². The highest BCUT2D eigenvalue weighted by Crippen LogP contribution is 2.32. The third-order valence-electron chi connectivity index (χ3n) is 5.06. The van der Waals surface area contributed by atoms with E-state index in [1.54, 1.807) is 6.20 Å². The number of aromatic hydroxyl groups is 1. The maximum Gasteiger partial charge on any atom is 0.149 e. The lowest BCUT2D eigenvalue weighted by atomic mass is 9.99. The fourth-order valence-electron chi connectivity index (χ4n) is 3.57. The molecule has 1 atom stereocenters. The Morgan fingerprint density at radius 1 is 1.15 bits per heavy atom. The van der Waals surface area contributed by atoms with Crippen LogP contribution in [0.25, 0.3) is 23.1 Å². The fourth-order valence-corrected chi connectivity index (χ4v) is 3.57. The molecule has 26 heavy (non-hydrogen) atoms. The Kier molecular flexibility index (Phi) is 4.00. The number of likely N-dealkylation sites (N-methyl/N-ethyl adjacent to an activating group) is 1. The fraction of sp³-hybridized carbons (Fsp3) is 0.174. The molecule has 0 aliphatic carbocycles. The van der Waals surface area contributed by atoms with Crippen molar-refractivity contribution >= 4 is 28.7 Å². The minimum Gasteiger partial charge on any atom is -0.505 e. The summed E-state index contributed by atoms with van der Waals surface area (Å²) in [6, 6.07) is 12.5. The van der Waals surface area contributed by atoms with Crippen LogP contribution in [0.5, 0.6) is 5.75 Å². The summed E-state index contributed by atoms with van der Waals surface area (Å²) in [5.41, 5.74) is 6.28. The second-order valence-electron chi connectivity index (χ2n) is 6.91. The van der Waals surface area contributed by atoms with Gasteiger partial charge in [0.05, 0.1) is 6.04 Å². The number of aryl methyl sites for hydroxylation is 2. The topological polar surface area (TPSA) is 36.4 Å². The summed E-state index contributed by atoms with van der Waals surface area (Å²) >= 11 is 0. The lowest BCUT2D eigenvalue weighted by Gasteiger charge is -2.30. The molecule has 130 valence electrons. The number of hydrogen-bond donors (Lipinski definition) is 1. The minimum absolute atomic E-state index is 0.143. The van der Waals surface area contributed by atoms with Crippen molar-refractivity contribution in [2.75, 3.05) is 11.9 Å². The van der Waals surface area contributed by atoms with Crippen LogP contribution in [-0.4, -0.2) is 23.2 Å². The maximum absolute atomic E-state index is 10.6. The molecule has 1 unspecified atom stereocenters. The van der Waals surface area contributed by atoms with E-state index in [0.29, 0.717) is 5.52 Å². The number of benzene rings is 2. The number of aromatic nitrogens is 1. The standard InChI is InChI=1S/C23H22N2O/c1-15-6-11-21-17(13-15)7-9-19(25(21)3)10-8-18-14-16(2)20-5-4-12-24-22(20)23(18)26/h4-14,19,26H,1-3H3/b10-8+. The molecule has 1 aliphatic heterocycles. The van der Waals surface area contributed by atoms with Crippen LogP contribution in [0.4, 0.5) is 5.69 Å². The molecule has 0 fully saturated rings. The number of hydrogen-bond acceptors (Lipinski definition) is 3. The zero-order valence-corrected chi connectivity index (χ0v) is 15.3. The van der Waals surface area contributed by atoms with Crippen LogP contribution in [-0.2, 0) is 0 Å². The maximum atomic E-state index is 10.6. The quantitative estimate of drug-likeness (QED) is 0.704. The molecular weight excluding hydrogens is 320 g/mol. The Balaban J connectivity index is 1.68. The van der Waals surface area contributed by atoms with E-state index >= 15 is 0 Å². The summed E-state index contributed by atoms with van der Waals surface area (Å²) in [6.45, 7) is 4.16. The van der Waals surface area contributed by atoms with Crippen LogP contribution in [0.1, 0.15) is 22.3 Å². The van der Waals surface area contributed by atoms with E-state index in [1.807, 2.05) is 31.2 Å². The molecule has 0 bridgehead atoms. The summed E-state index contributed by atoms with van der Waals surface area (Å²) in [5.74, 6) is 0.237. The molecule has 2 heterocycles. The van der Waals surface area contributed by atoms with Crippen LogP contribution in [0, 0.1) is 13.8 Å². The molecule has 3 nitrogen and oxygen atoms in total. The van der Waals surface area contributed by atoms with Gasteiger partial charge < -0.3 is 10.0 Å². The van der Waals surface area contributed by atoms with Crippen LogP contribution >= 0.6 is 0 Å². The summed E-state index contributed by atoms with van der Waals surface area (Å²) in [7, 11) is 2.10. The predicted molar refractivity (Wildman–Crippen MR) is 110 cm³/mol. The van der Waals surface area contributed by atoms with Gasteiger partial charge in [0.15, 0.2) is 0 Å². The second kappa shape index (κ2) is 6.34. The van der Waals surface area contributed by atoms with Gasteiger partial charge in [-0.05, 0) is 49.2 Å². The highest BCUT2D eigenvalue weighted by atomic mass is 16.3. The molecule has 0 saturated heterocycles. The van der Waals surface area contributed by atoms with Crippen molar-refractivity contribution in [3.05, 3.63) is 77.0 Å². The van der Waals surface area contributed by atoms with Gasteiger partial charge in [0.2, 0.25) is 0 Å². The van der Waals surface area contributed by atoms with E-state index in [2.05, 4.69) is 60.3 Å². The Labute approximate surface area is 153 Å². The predicted octanol–water partition coefficient (Wildman–Crippen LogP) is 5.10. The van der Waals surface area contributed by atoms with Crippen LogP contribution in [0.3, 0.4) is 0 Å². The number of nitrogens with zero attached hydrogens (tertiary/aromatic N) is 2. The monoisotopic (exact) mass is 342 g/mol. The molecule has 3 heteroatoms. The van der Waals surface area contributed by atoms with E-state index in [-0.39, 0.29) is 11.8 Å². The SMILES string of the molecule is Cc1ccc2c(c1)C=CC(/C=C/c1cc(C)c3cccnc3c1O)N2C. The number of fused-ring (bicyclic) bond motifs is 2. The van der Waals surface area contributed by atoms with Crippen LogP contribution < -0.4 is 4.90 Å². The van der Waals surface area contributed by atoms with Gasteiger partial charge in [-0.2, -0.15) is 0 Å². The Bertz CT molecular complexity index is 1050. The first-order valence-electron chi connectivity index (χ1n) is 8.82. The van der Waals surface area contributed by atoms with Crippen molar-refractivity contribution in [1.29, 1.82) is 0 Å². The number of phenolic OH excluding ortho intramolecular Hbond substituents is 1. The Morgan fingerprint density at radius 2 is 2.00 bits per heavy atom. The van der Waals surface area contributed by atoms with Gasteiger partial charge in [0.25, 0.3) is 0 Å². The Hall–Kier alpha value is -3.07. The van der Waals surface area contributed by atoms with Gasteiger partial charge in [0.1, 0.15) is 11.3 Å². The third kappa shape index (κ3) is 2.76. The van der Waals surface area contributed by atoms with Crippen molar-refractivity contribution in [1.82, 2.24) is 4.98 Å². The molecule has 4 rings (SSSR count). The summed E-state index contributed by atoms with van der Waals surface area (Å²) in [5, 5.41) is 11.6. The molecule has 1 aliphatic rings. The third-order valence-corrected chi connectivity index (χ3v) is 5.06. The summed E-state index contributed by atoms with van der Waals surface area (Å²) < 4.78 is 0. The zero-order valence-electron chi connectivity index (χ0n) is 15.3. The molecule has 0 amide bonds. The molecule has 0 radical (unpaired) electrons. The van der Waals surface area contributed by atoms with Gasteiger partial charge in [-0.3, -0.25) is 4.98 Å². The van der Waals surface area contributed by atoms with Gasteiger partial charge in [-0.1, -0.05) is 42.0 Å². The van der Waals surface area contributed by atoms with E-state index < -0.39 is 0 Å². The second-order valence-corrected chi connectivity index (χ2v) is 6.91. The first-order valence-corrected chi connectivity index (χ1v) is 8.82. The van der Waals surface area contributed by atoms with Gasteiger partial charge in [-0.15, -0.1) is 0 Å². The van der Waals surface area contributed by atoms with Gasteiger partial charge in [0, 0.05) is 29.9 Å². The average molecular weight is 342 g/mol. The lowest BCUT2D eigenvalue weighted by molar-refractivity contribution is 0.479. The van der Waals surface area contributed by atoms with Crippen LogP contribution in [0.15, 0.2) is 54.7 Å². The smallest absolute Gasteiger partial charge is 0.149 e. The van der Waals surface area contributed by atoms with E-state index in [0.717, 1.165) is 16.5 Å². The molecule has 2 aromatic carbocycles. The van der Waals surface area contributed by atoms with Crippen molar-refractivity contribution < 1.29 is 5.11 Å². The summed E-state index contributed by atoms with van der Waals surface area (Å²) in [4.78, 5) is 6.59. The summed E-state index contributed by atoms with van der Waals surface area (Å²) in [6.07, 6.45) is 10.2. The molecule has 3 aromatic rings. The normalized spacial score (nSPS) is 16.4. The number of pyridine rings is 1. The van der Waals surface area contributed by atoms with Crippen molar-refractivity contribution in [2.45, 2.75) is 19.9 Å². The number of phenols is 1. The minimum atomic E-state index is 0.143. The molecule has 1 aromatic heterocycles. The van der Waals surface area contributed by atoms with Gasteiger partial charge >= 0.3 is 0 Å². The molecule has 0 saturated carbocycles. The average Bonchev–Trinajstić information content (AvgIpc) is 2.65. The molecular formula is C23H22N2O. The molecule has 0 spiro atoms. The Morgan fingerprint density at radius 3 is 2.85 bits per heavy atom. The zero-order chi connectivity index (χ0) is 18.3. The van der Waals surface area contributed by atoms with Gasteiger partial charge in [-0.25, -0.2) is 0 Å². The van der Waals surface area contributed by atoms with E-state index in [9.17, 15) is 5.11 Å². The lowest BCUT2D eigenvalue weighted by Crippen LogP contribution is -2.30. The van der Waals surface area contributed by atoms with Crippen LogP contribution in [0.2, 0.25) is 0 Å². The number of rotatable bonds is 2. The highest BCUT2D eigenvalue weighted by Gasteiger charge is 2.17.